The molecule has 0 fully saturated rings. The van der Waals surface area contributed by atoms with Gasteiger partial charge in [-0.05, 0) is 42.5 Å². The molecule has 0 spiro atoms. The molecule has 7 heteroatoms. The SMILES string of the molecule is Cc1cc(C(=O)NCc2ccc(Cn3cncn3)cc2)c(C)n1Cc1cccs1. The Morgan fingerprint density at radius 3 is 2.59 bits per heavy atom. The summed E-state index contributed by atoms with van der Waals surface area (Å²) in [7, 11) is 0. The summed E-state index contributed by atoms with van der Waals surface area (Å²) in [5.41, 5.74) is 5.03. The molecule has 29 heavy (non-hydrogen) atoms. The highest BCUT2D eigenvalue weighted by Crippen LogP contribution is 2.19. The van der Waals surface area contributed by atoms with Crippen LogP contribution in [0, 0.1) is 13.8 Å². The monoisotopic (exact) mass is 405 g/mol. The standard InChI is InChI=1S/C22H23N5OS/c1-16-10-21(17(2)27(16)13-20-4-3-9-29-20)22(28)24-11-18-5-7-19(8-6-18)12-26-15-23-14-25-26/h3-10,14-15H,11-13H2,1-2H3,(H,24,28). The fourth-order valence-electron chi connectivity index (χ4n) is 3.37. The summed E-state index contributed by atoms with van der Waals surface area (Å²) in [6.45, 7) is 6.04. The molecular formula is C22H23N5OS. The van der Waals surface area contributed by atoms with Gasteiger partial charge in [-0.25, -0.2) is 9.67 Å². The van der Waals surface area contributed by atoms with E-state index < -0.39 is 0 Å². The van der Waals surface area contributed by atoms with Crippen molar-refractivity contribution in [1.82, 2.24) is 24.6 Å². The smallest absolute Gasteiger partial charge is 0.253 e. The van der Waals surface area contributed by atoms with Crippen LogP contribution in [0.15, 0.2) is 60.5 Å². The van der Waals surface area contributed by atoms with Crippen molar-refractivity contribution in [3.05, 3.63) is 93.5 Å². The fourth-order valence-corrected chi connectivity index (χ4v) is 4.07. The molecule has 148 valence electrons. The van der Waals surface area contributed by atoms with Crippen LogP contribution in [0.2, 0.25) is 0 Å². The summed E-state index contributed by atoms with van der Waals surface area (Å²) in [4.78, 5) is 18.0. The maximum atomic E-state index is 12.7. The molecule has 1 aromatic carbocycles. The van der Waals surface area contributed by atoms with Crippen LogP contribution in [0.4, 0.5) is 0 Å². The number of rotatable bonds is 7. The first-order chi connectivity index (χ1) is 14.1. The van der Waals surface area contributed by atoms with Gasteiger partial charge in [-0.3, -0.25) is 4.79 Å². The Hall–Kier alpha value is -3.19. The largest absolute Gasteiger partial charge is 0.348 e. The third-order valence-corrected chi connectivity index (χ3v) is 5.86. The number of aryl methyl sites for hydroxylation is 1. The molecule has 0 aliphatic heterocycles. The van der Waals surface area contributed by atoms with Gasteiger partial charge in [-0.1, -0.05) is 30.3 Å². The predicted octanol–water partition coefficient (Wildman–Crippen LogP) is 3.78. The average Bonchev–Trinajstić information content (AvgIpc) is 3.47. The van der Waals surface area contributed by atoms with Crippen molar-refractivity contribution in [3.8, 4) is 0 Å². The highest BCUT2D eigenvalue weighted by Gasteiger charge is 2.16. The Morgan fingerprint density at radius 2 is 1.90 bits per heavy atom. The molecule has 0 aliphatic rings. The number of amides is 1. The van der Waals surface area contributed by atoms with Gasteiger partial charge in [-0.2, -0.15) is 5.10 Å². The van der Waals surface area contributed by atoms with Crippen LogP contribution in [-0.4, -0.2) is 25.2 Å². The number of hydrogen-bond acceptors (Lipinski definition) is 4. The molecule has 1 amide bonds. The molecule has 0 bridgehead atoms. The van der Waals surface area contributed by atoms with Crippen LogP contribution in [0.3, 0.4) is 0 Å². The molecule has 0 atom stereocenters. The van der Waals surface area contributed by atoms with Crippen LogP contribution in [0.1, 0.15) is 37.7 Å². The van der Waals surface area contributed by atoms with Crippen LogP contribution in [-0.2, 0) is 19.6 Å². The van der Waals surface area contributed by atoms with Gasteiger partial charge in [0.25, 0.3) is 5.91 Å². The summed E-state index contributed by atoms with van der Waals surface area (Å²) in [5, 5.41) is 9.24. The van der Waals surface area contributed by atoms with Crippen molar-refractivity contribution in [1.29, 1.82) is 0 Å². The van der Waals surface area contributed by atoms with Gasteiger partial charge in [0.1, 0.15) is 12.7 Å². The van der Waals surface area contributed by atoms with Crippen LogP contribution >= 0.6 is 11.3 Å². The van der Waals surface area contributed by atoms with E-state index in [4.69, 9.17) is 0 Å². The van der Waals surface area contributed by atoms with Gasteiger partial charge < -0.3 is 9.88 Å². The third kappa shape index (κ3) is 4.46. The van der Waals surface area contributed by atoms with Gasteiger partial charge in [-0.15, -0.1) is 11.3 Å². The first kappa shape index (κ1) is 19.1. The van der Waals surface area contributed by atoms with Crippen molar-refractivity contribution in [2.75, 3.05) is 0 Å². The van der Waals surface area contributed by atoms with Crippen LogP contribution in [0.5, 0.6) is 0 Å². The lowest BCUT2D eigenvalue weighted by Gasteiger charge is -2.09. The number of carbonyl (C=O) groups excluding carboxylic acids is 1. The third-order valence-electron chi connectivity index (χ3n) is 5.00. The number of thiophene rings is 1. The summed E-state index contributed by atoms with van der Waals surface area (Å²) in [6.07, 6.45) is 3.23. The molecule has 3 aromatic heterocycles. The number of benzene rings is 1. The Balaban J connectivity index is 1.38. The maximum Gasteiger partial charge on any atom is 0.253 e. The van der Waals surface area contributed by atoms with E-state index in [1.54, 1.807) is 22.3 Å². The molecule has 0 unspecified atom stereocenters. The molecule has 1 N–H and O–H groups in total. The van der Waals surface area contributed by atoms with E-state index in [9.17, 15) is 4.79 Å². The van der Waals surface area contributed by atoms with Crippen LogP contribution in [0.25, 0.3) is 0 Å². The molecule has 4 aromatic rings. The van der Waals surface area contributed by atoms with Crippen molar-refractivity contribution >= 4 is 17.2 Å². The van der Waals surface area contributed by atoms with E-state index >= 15 is 0 Å². The Morgan fingerprint density at radius 1 is 1.10 bits per heavy atom. The Labute approximate surface area is 173 Å². The number of aromatic nitrogens is 4. The molecule has 0 radical (unpaired) electrons. The highest BCUT2D eigenvalue weighted by molar-refractivity contribution is 7.09. The van der Waals surface area contributed by atoms with E-state index in [0.29, 0.717) is 13.1 Å². The second-order valence-corrected chi connectivity index (χ2v) is 8.07. The van der Waals surface area contributed by atoms with E-state index in [0.717, 1.165) is 34.6 Å². The van der Waals surface area contributed by atoms with Gasteiger partial charge in [0.15, 0.2) is 0 Å². The molecule has 0 saturated heterocycles. The molecule has 0 aliphatic carbocycles. The second kappa shape index (κ2) is 8.45. The minimum absolute atomic E-state index is 0.0396. The minimum Gasteiger partial charge on any atom is -0.348 e. The van der Waals surface area contributed by atoms with E-state index in [2.05, 4.69) is 49.6 Å². The first-order valence-corrected chi connectivity index (χ1v) is 10.4. The lowest BCUT2D eigenvalue weighted by molar-refractivity contribution is 0.0950. The molecule has 6 nitrogen and oxygen atoms in total. The summed E-state index contributed by atoms with van der Waals surface area (Å²) in [5.74, 6) is -0.0396. The predicted molar refractivity (Wildman–Crippen MR) is 114 cm³/mol. The fraction of sp³-hybridized carbons (Fsp3) is 0.227. The Bertz CT molecular complexity index is 1080. The van der Waals surface area contributed by atoms with Crippen molar-refractivity contribution in [3.63, 3.8) is 0 Å². The van der Waals surface area contributed by atoms with Gasteiger partial charge in [0.2, 0.25) is 0 Å². The maximum absolute atomic E-state index is 12.7. The topological polar surface area (TPSA) is 64.7 Å². The molecule has 0 saturated carbocycles. The van der Waals surface area contributed by atoms with Crippen LogP contribution < -0.4 is 5.32 Å². The summed E-state index contributed by atoms with van der Waals surface area (Å²) >= 11 is 1.73. The lowest BCUT2D eigenvalue weighted by atomic mass is 10.1. The summed E-state index contributed by atoms with van der Waals surface area (Å²) < 4.78 is 3.97. The highest BCUT2D eigenvalue weighted by atomic mass is 32.1. The van der Waals surface area contributed by atoms with Crippen molar-refractivity contribution in [2.24, 2.45) is 0 Å². The lowest BCUT2D eigenvalue weighted by Crippen LogP contribution is -2.23. The van der Waals surface area contributed by atoms with E-state index in [1.807, 2.05) is 32.0 Å². The zero-order chi connectivity index (χ0) is 20.2. The van der Waals surface area contributed by atoms with Gasteiger partial charge in [0.05, 0.1) is 18.7 Å². The zero-order valence-electron chi connectivity index (χ0n) is 16.5. The second-order valence-electron chi connectivity index (χ2n) is 7.04. The molecular weight excluding hydrogens is 382 g/mol. The number of carbonyl (C=O) groups is 1. The Kier molecular flexibility index (Phi) is 5.57. The number of hydrogen-bond donors (Lipinski definition) is 1. The molecule has 4 rings (SSSR count). The van der Waals surface area contributed by atoms with Gasteiger partial charge >= 0.3 is 0 Å². The zero-order valence-corrected chi connectivity index (χ0v) is 17.3. The van der Waals surface area contributed by atoms with E-state index in [-0.39, 0.29) is 5.91 Å². The van der Waals surface area contributed by atoms with Gasteiger partial charge in [0, 0.05) is 22.8 Å². The molecule has 3 heterocycles. The average molecular weight is 406 g/mol. The van der Waals surface area contributed by atoms with Crippen molar-refractivity contribution < 1.29 is 4.79 Å². The van der Waals surface area contributed by atoms with Crippen molar-refractivity contribution in [2.45, 2.75) is 33.5 Å². The minimum atomic E-state index is -0.0396. The normalized spacial score (nSPS) is 11.0. The van der Waals surface area contributed by atoms with E-state index in [1.165, 1.54) is 11.2 Å². The summed E-state index contributed by atoms with van der Waals surface area (Å²) in [6, 6.07) is 14.3. The number of nitrogens with one attached hydrogen (secondary N) is 1. The first-order valence-electron chi connectivity index (χ1n) is 9.47. The number of nitrogens with zero attached hydrogens (tertiary/aromatic N) is 4. The quantitative estimate of drug-likeness (QED) is 0.509.